The fraction of sp³-hybridized carbons (Fsp3) is 0.500. The van der Waals surface area contributed by atoms with Crippen molar-refractivity contribution in [3.63, 3.8) is 0 Å². The fourth-order valence-corrected chi connectivity index (χ4v) is 1.79. The predicted molar refractivity (Wildman–Crippen MR) is 61.9 cm³/mol. The Morgan fingerprint density at radius 2 is 2.47 bits per heavy atom. The summed E-state index contributed by atoms with van der Waals surface area (Å²) in [6, 6.07) is 1.82. The lowest BCUT2D eigenvalue weighted by atomic mass is 10.2. The third-order valence-electron chi connectivity index (χ3n) is 1.91. The zero-order chi connectivity index (χ0) is 11.3. The minimum atomic E-state index is -0.111. The molecule has 15 heavy (non-hydrogen) atoms. The van der Waals surface area contributed by atoms with Crippen molar-refractivity contribution in [1.82, 2.24) is 5.32 Å². The molecule has 1 aromatic rings. The van der Waals surface area contributed by atoms with Crippen LogP contribution in [0.2, 0.25) is 0 Å². The molecule has 0 aliphatic rings. The van der Waals surface area contributed by atoms with Gasteiger partial charge in [-0.15, -0.1) is 0 Å². The Morgan fingerprint density at radius 3 is 3.00 bits per heavy atom. The van der Waals surface area contributed by atoms with Gasteiger partial charge in [0.15, 0.2) is 0 Å². The molecular weight excluding hydrogens is 212 g/mol. The van der Waals surface area contributed by atoms with Gasteiger partial charge in [-0.1, -0.05) is 0 Å². The molecule has 1 amide bonds. The number of furan rings is 1. The van der Waals surface area contributed by atoms with E-state index in [4.69, 9.17) is 10.2 Å². The molecule has 1 atom stereocenters. The Labute approximate surface area is 93.6 Å². The first-order chi connectivity index (χ1) is 7.17. The number of carbonyl (C=O) groups is 1. The SMILES string of the molecule is CSCC(C)NC(=O)c1coc(CN)c1. The molecule has 0 radical (unpaired) electrons. The maximum absolute atomic E-state index is 11.6. The highest BCUT2D eigenvalue weighted by Gasteiger charge is 2.11. The molecule has 5 heteroatoms. The summed E-state index contributed by atoms with van der Waals surface area (Å²) in [5.41, 5.74) is 5.91. The third kappa shape index (κ3) is 3.60. The van der Waals surface area contributed by atoms with E-state index in [0.717, 1.165) is 5.75 Å². The molecule has 1 unspecified atom stereocenters. The van der Waals surface area contributed by atoms with Gasteiger partial charge in [-0.2, -0.15) is 11.8 Å². The molecule has 0 bridgehead atoms. The molecule has 0 aromatic carbocycles. The molecule has 0 spiro atoms. The molecule has 0 saturated heterocycles. The van der Waals surface area contributed by atoms with E-state index in [-0.39, 0.29) is 11.9 Å². The van der Waals surface area contributed by atoms with Crippen LogP contribution >= 0.6 is 11.8 Å². The fourth-order valence-electron chi connectivity index (χ4n) is 1.21. The van der Waals surface area contributed by atoms with Crippen molar-refractivity contribution in [2.24, 2.45) is 5.73 Å². The number of hydrogen-bond donors (Lipinski definition) is 2. The Morgan fingerprint density at radius 1 is 1.73 bits per heavy atom. The monoisotopic (exact) mass is 228 g/mol. The summed E-state index contributed by atoms with van der Waals surface area (Å²) < 4.78 is 5.09. The van der Waals surface area contributed by atoms with Crippen molar-refractivity contribution < 1.29 is 9.21 Å². The van der Waals surface area contributed by atoms with Crippen molar-refractivity contribution >= 4 is 17.7 Å². The molecule has 84 valence electrons. The number of hydrogen-bond acceptors (Lipinski definition) is 4. The highest BCUT2D eigenvalue weighted by Crippen LogP contribution is 2.07. The van der Waals surface area contributed by atoms with Crippen molar-refractivity contribution in [3.8, 4) is 0 Å². The van der Waals surface area contributed by atoms with Gasteiger partial charge in [0.05, 0.1) is 12.1 Å². The first kappa shape index (κ1) is 12.1. The Kier molecular flexibility index (Phi) is 4.71. The van der Waals surface area contributed by atoms with Crippen molar-refractivity contribution in [2.75, 3.05) is 12.0 Å². The molecule has 3 N–H and O–H groups in total. The minimum Gasteiger partial charge on any atom is -0.467 e. The Bertz CT molecular complexity index is 325. The van der Waals surface area contributed by atoms with Gasteiger partial charge in [0.25, 0.3) is 5.91 Å². The van der Waals surface area contributed by atoms with Crippen LogP contribution in [0.15, 0.2) is 16.7 Å². The van der Waals surface area contributed by atoms with Crippen LogP contribution in [0.4, 0.5) is 0 Å². The van der Waals surface area contributed by atoms with Gasteiger partial charge in [-0.05, 0) is 19.2 Å². The van der Waals surface area contributed by atoms with Crippen LogP contribution in [0.1, 0.15) is 23.0 Å². The van der Waals surface area contributed by atoms with Crippen molar-refractivity contribution in [1.29, 1.82) is 0 Å². The van der Waals surface area contributed by atoms with Crippen molar-refractivity contribution in [2.45, 2.75) is 19.5 Å². The number of amides is 1. The van der Waals surface area contributed by atoms with E-state index < -0.39 is 0 Å². The second-order valence-corrected chi connectivity index (χ2v) is 4.25. The van der Waals surface area contributed by atoms with E-state index in [1.54, 1.807) is 17.8 Å². The van der Waals surface area contributed by atoms with E-state index in [1.807, 2.05) is 13.2 Å². The summed E-state index contributed by atoms with van der Waals surface area (Å²) in [5.74, 6) is 1.41. The van der Waals surface area contributed by atoms with Gasteiger partial charge >= 0.3 is 0 Å². The lowest BCUT2D eigenvalue weighted by Crippen LogP contribution is -2.33. The van der Waals surface area contributed by atoms with Gasteiger partial charge in [0, 0.05) is 11.8 Å². The number of nitrogens with two attached hydrogens (primary N) is 1. The second-order valence-electron chi connectivity index (χ2n) is 3.34. The lowest BCUT2D eigenvalue weighted by Gasteiger charge is -2.10. The predicted octanol–water partition coefficient (Wildman–Crippen LogP) is 1.22. The molecule has 0 fully saturated rings. The average Bonchev–Trinajstić information content (AvgIpc) is 2.66. The average molecular weight is 228 g/mol. The Hall–Kier alpha value is -0.940. The summed E-state index contributed by atoms with van der Waals surface area (Å²) in [4.78, 5) is 11.6. The quantitative estimate of drug-likeness (QED) is 0.795. The molecule has 0 saturated carbocycles. The van der Waals surface area contributed by atoms with Crippen LogP contribution in [-0.4, -0.2) is 24.0 Å². The van der Waals surface area contributed by atoms with Gasteiger partial charge < -0.3 is 15.5 Å². The summed E-state index contributed by atoms with van der Waals surface area (Å²) in [6.07, 6.45) is 3.44. The first-order valence-corrected chi connectivity index (χ1v) is 6.14. The number of thioether (sulfide) groups is 1. The molecule has 0 aliphatic carbocycles. The summed E-state index contributed by atoms with van der Waals surface area (Å²) in [7, 11) is 0. The van der Waals surface area contributed by atoms with Crippen LogP contribution in [0.25, 0.3) is 0 Å². The molecule has 1 heterocycles. The van der Waals surface area contributed by atoms with Crippen LogP contribution in [0.3, 0.4) is 0 Å². The maximum atomic E-state index is 11.6. The first-order valence-electron chi connectivity index (χ1n) is 4.74. The van der Waals surface area contributed by atoms with Crippen molar-refractivity contribution in [3.05, 3.63) is 23.7 Å². The van der Waals surface area contributed by atoms with Gasteiger partial charge in [-0.3, -0.25) is 4.79 Å². The summed E-state index contributed by atoms with van der Waals surface area (Å²) >= 11 is 1.70. The van der Waals surface area contributed by atoms with Gasteiger partial charge in [0.1, 0.15) is 12.0 Å². The topological polar surface area (TPSA) is 68.3 Å². The van der Waals surface area contributed by atoms with Gasteiger partial charge in [0.2, 0.25) is 0 Å². The standard InChI is InChI=1S/C10H16N2O2S/c1-7(6-15-2)12-10(13)8-3-9(4-11)14-5-8/h3,5,7H,4,6,11H2,1-2H3,(H,12,13). The smallest absolute Gasteiger partial charge is 0.254 e. The molecular formula is C10H16N2O2S. The summed E-state index contributed by atoms with van der Waals surface area (Å²) in [5, 5.41) is 2.87. The molecule has 0 aliphatic heterocycles. The highest BCUT2D eigenvalue weighted by molar-refractivity contribution is 7.98. The molecule has 1 aromatic heterocycles. The largest absolute Gasteiger partial charge is 0.467 e. The zero-order valence-electron chi connectivity index (χ0n) is 8.95. The Balaban J connectivity index is 2.53. The minimum absolute atomic E-state index is 0.111. The lowest BCUT2D eigenvalue weighted by molar-refractivity contribution is 0.0943. The maximum Gasteiger partial charge on any atom is 0.254 e. The summed E-state index contributed by atoms with van der Waals surface area (Å²) in [6.45, 7) is 2.28. The van der Waals surface area contributed by atoms with E-state index in [2.05, 4.69) is 5.32 Å². The van der Waals surface area contributed by atoms with Crippen LogP contribution in [0, 0.1) is 0 Å². The van der Waals surface area contributed by atoms with E-state index in [0.29, 0.717) is 17.9 Å². The molecule has 4 nitrogen and oxygen atoms in total. The van der Waals surface area contributed by atoms with Gasteiger partial charge in [-0.25, -0.2) is 0 Å². The van der Waals surface area contributed by atoms with E-state index in [1.165, 1.54) is 6.26 Å². The van der Waals surface area contributed by atoms with Crippen LogP contribution in [0.5, 0.6) is 0 Å². The zero-order valence-corrected chi connectivity index (χ0v) is 9.76. The third-order valence-corrected chi connectivity index (χ3v) is 2.74. The highest BCUT2D eigenvalue weighted by atomic mass is 32.2. The number of rotatable bonds is 5. The normalized spacial score (nSPS) is 12.5. The van der Waals surface area contributed by atoms with E-state index >= 15 is 0 Å². The van der Waals surface area contributed by atoms with E-state index in [9.17, 15) is 4.79 Å². The van der Waals surface area contributed by atoms with Crippen LogP contribution in [-0.2, 0) is 6.54 Å². The van der Waals surface area contributed by atoms with Crippen LogP contribution < -0.4 is 11.1 Å². The molecule has 1 rings (SSSR count). The second kappa shape index (κ2) is 5.82. The number of nitrogens with one attached hydrogen (secondary N) is 1. The number of carbonyl (C=O) groups excluding carboxylic acids is 1.